The molecule has 3 aromatic rings. The highest BCUT2D eigenvalue weighted by atomic mass is 32.1. The molecular formula is C25H27N3O3S. The number of aromatic nitrogens is 1. The van der Waals surface area contributed by atoms with Gasteiger partial charge in [0.15, 0.2) is 17.4 Å². The molecule has 3 N–H and O–H groups in total. The van der Waals surface area contributed by atoms with Gasteiger partial charge in [-0.05, 0) is 60.4 Å². The summed E-state index contributed by atoms with van der Waals surface area (Å²) in [6, 6.07) is 15.9. The lowest BCUT2D eigenvalue weighted by molar-refractivity contribution is -0.577. The minimum absolute atomic E-state index is 0.00459. The molecule has 0 unspecified atom stereocenters. The molecule has 0 bridgehead atoms. The summed E-state index contributed by atoms with van der Waals surface area (Å²) in [6.07, 6.45) is 3.66. The molecule has 0 amide bonds. The minimum Gasteiger partial charge on any atom is -0.867 e. The van der Waals surface area contributed by atoms with Gasteiger partial charge in [0.05, 0.1) is 5.69 Å². The third-order valence-corrected chi connectivity index (χ3v) is 5.50. The fraction of sp³-hybridized carbons (Fsp3) is 0.200. The number of anilines is 2. The van der Waals surface area contributed by atoms with E-state index in [1.54, 1.807) is 4.57 Å². The van der Waals surface area contributed by atoms with Crippen LogP contribution < -0.4 is 20.2 Å². The summed E-state index contributed by atoms with van der Waals surface area (Å²) in [6.45, 7) is 8.22. The molecular weight excluding hydrogens is 422 g/mol. The fourth-order valence-electron chi connectivity index (χ4n) is 3.33. The van der Waals surface area contributed by atoms with Crippen molar-refractivity contribution in [2.75, 3.05) is 10.5 Å². The molecule has 1 heterocycles. The van der Waals surface area contributed by atoms with Gasteiger partial charge in [-0.2, -0.15) is 4.57 Å². The molecule has 0 saturated heterocycles. The molecule has 3 rings (SSSR count). The second-order valence-electron chi connectivity index (χ2n) is 7.98. The average molecular weight is 450 g/mol. The Morgan fingerprint density at radius 1 is 1.00 bits per heavy atom. The molecule has 0 fully saturated rings. The molecule has 1 aromatic heterocycles. The van der Waals surface area contributed by atoms with Crippen LogP contribution in [0.25, 0.3) is 11.5 Å². The van der Waals surface area contributed by atoms with E-state index >= 15 is 0 Å². The number of nitrogens with zero attached hydrogens (tertiary/aromatic N) is 2. The van der Waals surface area contributed by atoms with Crippen molar-refractivity contribution in [1.82, 2.24) is 0 Å². The van der Waals surface area contributed by atoms with E-state index in [1.165, 1.54) is 24.3 Å². The van der Waals surface area contributed by atoms with Crippen molar-refractivity contribution in [3.8, 4) is 0 Å². The predicted molar refractivity (Wildman–Crippen MR) is 128 cm³/mol. The quantitative estimate of drug-likeness (QED) is 0.170. The van der Waals surface area contributed by atoms with E-state index in [-0.39, 0.29) is 16.7 Å². The van der Waals surface area contributed by atoms with Crippen LogP contribution in [0.2, 0.25) is 0 Å². The van der Waals surface area contributed by atoms with Crippen molar-refractivity contribution >= 4 is 40.0 Å². The fourth-order valence-corrected chi connectivity index (χ4v) is 3.64. The van der Waals surface area contributed by atoms with Crippen LogP contribution in [-0.2, 0) is 0 Å². The summed E-state index contributed by atoms with van der Waals surface area (Å²) in [7, 11) is 0. The molecule has 2 aromatic carbocycles. The molecule has 0 radical (unpaired) electrons. The van der Waals surface area contributed by atoms with Crippen LogP contribution in [0.3, 0.4) is 0 Å². The number of thiocarbonyl (C=S) groups is 1. The van der Waals surface area contributed by atoms with Gasteiger partial charge in [-0.3, -0.25) is 10.4 Å². The van der Waals surface area contributed by atoms with E-state index in [1.807, 2.05) is 56.6 Å². The first-order valence-electron chi connectivity index (χ1n) is 10.3. The van der Waals surface area contributed by atoms with Crippen molar-refractivity contribution in [2.24, 2.45) is 0 Å². The first-order chi connectivity index (χ1) is 15.2. The minimum atomic E-state index is -0.288. The van der Waals surface area contributed by atoms with Crippen molar-refractivity contribution in [3.63, 3.8) is 0 Å². The first kappa shape index (κ1) is 23.4. The lowest BCUT2D eigenvalue weighted by atomic mass is 10.1. The zero-order valence-electron chi connectivity index (χ0n) is 18.5. The van der Waals surface area contributed by atoms with E-state index in [0.717, 1.165) is 22.4 Å². The molecule has 6 nitrogen and oxygen atoms in total. The van der Waals surface area contributed by atoms with E-state index in [9.17, 15) is 15.5 Å². The van der Waals surface area contributed by atoms with Crippen LogP contribution in [0.5, 0.6) is 0 Å². The lowest BCUT2D eigenvalue weighted by Gasteiger charge is -2.18. The van der Waals surface area contributed by atoms with E-state index < -0.39 is 0 Å². The summed E-state index contributed by atoms with van der Waals surface area (Å²) in [5, 5.41) is 35.1. The first-order valence-corrected chi connectivity index (χ1v) is 10.7. The Kier molecular flexibility index (Phi) is 7.25. The summed E-state index contributed by atoms with van der Waals surface area (Å²) in [5.74, 6) is 0.0695. The van der Waals surface area contributed by atoms with Crippen LogP contribution in [0.15, 0.2) is 67.0 Å². The largest absolute Gasteiger partial charge is 0.867 e. The zero-order chi connectivity index (χ0) is 23.4. The van der Waals surface area contributed by atoms with Gasteiger partial charge in [0.2, 0.25) is 5.70 Å². The van der Waals surface area contributed by atoms with Crippen molar-refractivity contribution in [3.05, 3.63) is 89.2 Å². The number of hydrogen-bond acceptors (Lipinski definition) is 5. The highest BCUT2D eigenvalue weighted by Gasteiger charge is 2.20. The number of aryl methyl sites for hydroxylation is 2. The monoisotopic (exact) mass is 449 g/mol. The number of pyridine rings is 1. The Hall–Kier alpha value is -3.26. The SMILES string of the molecule is Cc1ccc(NC(=S)/C(=C(\[O-])c2ccc(N(O)O)cc2)[n+]2ccc(C(C)C)cc2)c(C)c1. The molecule has 0 saturated carbocycles. The van der Waals surface area contributed by atoms with Gasteiger partial charge >= 0.3 is 0 Å². The van der Waals surface area contributed by atoms with Gasteiger partial charge in [-0.25, -0.2) is 0 Å². The Morgan fingerprint density at radius 3 is 2.16 bits per heavy atom. The van der Waals surface area contributed by atoms with Crippen LogP contribution >= 0.6 is 12.2 Å². The summed E-state index contributed by atoms with van der Waals surface area (Å²) in [5.41, 5.74) is 4.96. The molecule has 0 aliphatic rings. The van der Waals surface area contributed by atoms with Gasteiger partial charge in [0.1, 0.15) is 0 Å². The van der Waals surface area contributed by atoms with Crippen LogP contribution in [0.1, 0.15) is 42.0 Å². The molecule has 166 valence electrons. The number of rotatable bonds is 6. The van der Waals surface area contributed by atoms with Gasteiger partial charge in [0, 0.05) is 17.8 Å². The Bertz CT molecular complexity index is 1140. The Morgan fingerprint density at radius 2 is 1.62 bits per heavy atom. The smallest absolute Gasteiger partial charge is 0.238 e. The van der Waals surface area contributed by atoms with Gasteiger partial charge in [-0.1, -0.05) is 55.9 Å². The second kappa shape index (κ2) is 9.91. The van der Waals surface area contributed by atoms with Gasteiger partial charge in [-0.15, -0.1) is 5.23 Å². The van der Waals surface area contributed by atoms with Crippen LogP contribution in [0, 0.1) is 13.8 Å². The van der Waals surface area contributed by atoms with E-state index in [2.05, 4.69) is 19.2 Å². The second-order valence-corrected chi connectivity index (χ2v) is 8.39. The van der Waals surface area contributed by atoms with Gasteiger partial charge in [0.25, 0.3) is 0 Å². The standard InChI is InChI=1S/C25H27N3O3S/c1-16(2)19-11-13-27(14-12-19)23(24(29)20-6-8-21(9-7-20)28(30)31)25(32)26-22-10-5-17(3)15-18(22)4/h5-16,30-31H,1-4H3,(H-,26,29,32). The maximum atomic E-state index is 13.5. The topological polar surface area (TPSA) is 82.7 Å². The third kappa shape index (κ3) is 5.31. The molecule has 32 heavy (non-hydrogen) atoms. The highest BCUT2D eigenvalue weighted by molar-refractivity contribution is 7.81. The molecule has 0 atom stereocenters. The molecule has 0 spiro atoms. The summed E-state index contributed by atoms with van der Waals surface area (Å²) < 4.78 is 1.71. The normalized spacial score (nSPS) is 11.8. The summed E-state index contributed by atoms with van der Waals surface area (Å²) in [4.78, 5) is 0.291. The lowest BCUT2D eigenvalue weighted by Crippen LogP contribution is -2.40. The number of hydrogen-bond donors (Lipinski definition) is 3. The van der Waals surface area contributed by atoms with Gasteiger partial charge < -0.3 is 10.4 Å². The highest BCUT2D eigenvalue weighted by Crippen LogP contribution is 2.22. The third-order valence-electron chi connectivity index (χ3n) is 5.20. The van der Waals surface area contributed by atoms with Crippen molar-refractivity contribution in [2.45, 2.75) is 33.6 Å². The maximum absolute atomic E-state index is 13.5. The number of nitrogens with one attached hydrogen (secondary N) is 1. The van der Waals surface area contributed by atoms with Crippen molar-refractivity contribution < 1.29 is 20.1 Å². The van der Waals surface area contributed by atoms with E-state index in [0.29, 0.717) is 22.2 Å². The van der Waals surface area contributed by atoms with Crippen molar-refractivity contribution in [1.29, 1.82) is 0 Å². The Labute approximate surface area is 193 Å². The Balaban J connectivity index is 2.07. The van der Waals surface area contributed by atoms with Crippen LogP contribution in [0.4, 0.5) is 11.4 Å². The average Bonchev–Trinajstić information content (AvgIpc) is 2.76. The van der Waals surface area contributed by atoms with Crippen LogP contribution in [-0.4, -0.2) is 15.4 Å². The summed E-state index contributed by atoms with van der Waals surface area (Å²) >= 11 is 5.68. The predicted octanol–water partition coefficient (Wildman–Crippen LogP) is 4.42. The molecule has 7 heteroatoms. The molecule has 0 aliphatic carbocycles. The maximum Gasteiger partial charge on any atom is 0.238 e. The molecule has 0 aliphatic heterocycles. The number of benzene rings is 2. The zero-order valence-corrected chi connectivity index (χ0v) is 19.4. The van der Waals surface area contributed by atoms with E-state index in [4.69, 9.17) is 12.2 Å².